The summed E-state index contributed by atoms with van der Waals surface area (Å²) >= 11 is 0. The molecule has 1 aliphatic rings. The van der Waals surface area contributed by atoms with E-state index in [1.165, 1.54) is 0 Å². The van der Waals surface area contributed by atoms with E-state index in [0.717, 1.165) is 19.3 Å². The Labute approximate surface area is 61.2 Å². The Kier molecular flexibility index (Phi) is 1.71. The third kappa shape index (κ3) is 0.917. The molecule has 0 amide bonds. The average molecular weight is 142 g/mol. The van der Waals surface area contributed by atoms with Gasteiger partial charge in [-0.15, -0.1) is 0 Å². The fourth-order valence-electron chi connectivity index (χ4n) is 1.73. The monoisotopic (exact) mass is 142 g/mol. The first-order valence-electron chi connectivity index (χ1n) is 3.89. The molecule has 1 aliphatic carbocycles. The summed E-state index contributed by atoms with van der Waals surface area (Å²) in [5.41, 5.74) is 0.172. The second-order valence-corrected chi connectivity index (χ2v) is 3.16. The molecule has 0 aromatic carbocycles. The van der Waals surface area contributed by atoms with Crippen LogP contribution in [0.4, 0.5) is 0 Å². The Balaban J connectivity index is 2.53. The van der Waals surface area contributed by atoms with Crippen LogP contribution >= 0.6 is 0 Å². The maximum Gasteiger partial charge on any atom is 0.307 e. The third-order valence-electron chi connectivity index (χ3n) is 2.90. The van der Waals surface area contributed by atoms with Gasteiger partial charge in [-0.25, -0.2) is 0 Å². The fraction of sp³-hybridized carbons (Fsp3) is 0.875. The molecule has 58 valence electrons. The van der Waals surface area contributed by atoms with E-state index in [2.05, 4.69) is 13.8 Å². The zero-order chi connectivity index (χ0) is 7.78. The molecule has 1 rings (SSSR count). The summed E-state index contributed by atoms with van der Waals surface area (Å²) in [4.78, 5) is 10.5. The van der Waals surface area contributed by atoms with Crippen LogP contribution in [0.1, 0.15) is 33.1 Å². The number of carbonyl (C=O) groups is 1. The highest BCUT2D eigenvalue weighted by Gasteiger charge is 2.55. The Bertz CT molecular complexity index is 147. The van der Waals surface area contributed by atoms with Crippen LogP contribution in [0.25, 0.3) is 0 Å². The van der Waals surface area contributed by atoms with Gasteiger partial charge in [-0.3, -0.25) is 4.79 Å². The van der Waals surface area contributed by atoms with Crippen LogP contribution in [0, 0.1) is 11.3 Å². The molecule has 0 saturated heterocycles. The van der Waals surface area contributed by atoms with Crippen LogP contribution in [0.15, 0.2) is 0 Å². The second kappa shape index (κ2) is 2.26. The van der Waals surface area contributed by atoms with Gasteiger partial charge >= 0.3 is 5.97 Å². The van der Waals surface area contributed by atoms with Crippen LogP contribution in [0.2, 0.25) is 0 Å². The molecule has 0 aromatic rings. The number of carboxylic acids is 1. The SMILES string of the molecule is CCC1(CC)CC1C(=O)O. The first-order chi connectivity index (χ1) is 4.66. The molecule has 1 N–H and O–H groups in total. The standard InChI is InChI=1S/C8H14O2/c1-3-8(4-2)5-6(8)7(9)10/h6H,3-5H2,1-2H3,(H,9,10). The van der Waals surface area contributed by atoms with Crippen molar-refractivity contribution in [2.75, 3.05) is 0 Å². The van der Waals surface area contributed by atoms with Crippen molar-refractivity contribution < 1.29 is 9.90 Å². The average Bonchev–Trinajstić information content (AvgIpc) is 2.63. The molecule has 2 nitrogen and oxygen atoms in total. The summed E-state index contributed by atoms with van der Waals surface area (Å²) in [5, 5.41) is 8.65. The smallest absolute Gasteiger partial charge is 0.307 e. The summed E-state index contributed by atoms with van der Waals surface area (Å²) in [6.45, 7) is 4.15. The lowest BCUT2D eigenvalue weighted by atomic mass is 9.97. The van der Waals surface area contributed by atoms with Gasteiger partial charge in [0.05, 0.1) is 5.92 Å². The quantitative estimate of drug-likeness (QED) is 0.653. The molecular formula is C8H14O2. The largest absolute Gasteiger partial charge is 0.481 e. The van der Waals surface area contributed by atoms with Gasteiger partial charge in [-0.05, 0) is 24.7 Å². The Morgan fingerprint density at radius 1 is 1.60 bits per heavy atom. The van der Waals surface area contributed by atoms with Crippen molar-refractivity contribution in [1.29, 1.82) is 0 Å². The number of carboxylic acid groups (broad SMARTS) is 1. The van der Waals surface area contributed by atoms with Crippen molar-refractivity contribution in [2.24, 2.45) is 11.3 Å². The van der Waals surface area contributed by atoms with Gasteiger partial charge in [0.1, 0.15) is 0 Å². The van der Waals surface area contributed by atoms with Crippen LogP contribution in [0.5, 0.6) is 0 Å². The first kappa shape index (κ1) is 7.58. The Morgan fingerprint density at radius 3 is 2.20 bits per heavy atom. The number of aliphatic carboxylic acids is 1. The van der Waals surface area contributed by atoms with E-state index in [0.29, 0.717) is 0 Å². The number of hydrogen-bond donors (Lipinski definition) is 1. The highest BCUT2D eigenvalue weighted by atomic mass is 16.4. The minimum atomic E-state index is -0.608. The fourth-order valence-corrected chi connectivity index (χ4v) is 1.73. The molecule has 0 bridgehead atoms. The highest BCUT2D eigenvalue weighted by molar-refractivity contribution is 5.74. The molecule has 0 spiro atoms. The molecule has 0 heterocycles. The van der Waals surface area contributed by atoms with E-state index in [4.69, 9.17) is 5.11 Å². The van der Waals surface area contributed by atoms with Crippen LogP contribution in [-0.2, 0) is 4.79 Å². The predicted octanol–water partition coefficient (Wildman–Crippen LogP) is 1.90. The van der Waals surface area contributed by atoms with Crippen molar-refractivity contribution in [3.63, 3.8) is 0 Å². The normalized spacial score (nSPS) is 28.0. The van der Waals surface area contributed by atoms with E-state index in [1.54, 1.807) is 0 Å². The minimum Gasteiger partial charge on any atom is -0.481 e. The van der Waals surface area contributed by atoms with Crippen LogP contribution in [-0.4, -0.2) is 11.1 Å². The van der Waals surface area contributed by atoms with E-state index >= 15 is 0 Å². The van der Waals surface area contributed by atoms with Crippen molar-refractivity contribution in [2.45, 2.75) is 33.1 Å². The zero-order valence-electron chi connectivity index (χ0n) is 6.55. The molecule has 1 atom stereocenters. The van der Waals surface area contributed by atoms with Crippen molar-refractivity contribution in [1.82, 2.24) is 0 Å². The Morgan fingerprint density at radius 2 is 2.10 bits per heavy atom. The molecular weight excluding hydrogens is 128 g/mol. The molecule has 1 fully saturated rings. The maximum atomic E-state index is 10.5. The van der Waals surface area contributed by atoms with E-state index in [1.807, 2.05) is 0 Å². The zero-order valence-corrected chi connectivity index (χ0v) is 6.55. The summed E-state index contributed by atoms with van der Waals surface area (Å²) in [5.74, 6) is -0.647. The second-order valence-electron chi connectivity index (χ2n) is 3.16. The molecule has 0 aromatic heterocycles. The maximum absolute atomic E-state index is 10.5. The van der Waals surface area contributed by atoms with Crippen molar-refractivity contribution >= 4 is 5.97 Å². The lowest BCUT2D eigenvalue weighted by Gasteiger charge is -2.08. The molecule has 0 radical (unpaired) electrons. The van der Waals surface area contributed by atoms with E-state index in [9.17, 15) is 4.79 Å². The molecule has 2 heteroatoms. The highest BCUT2D eigenvalue weighted by Crippen LogP contribution is 2.57. The van der Waals surface area contributed by atoms with Gasteiger partial charge in [-0.1, -0.05) is 13.8 Å². The molecule has 10 heavy (non-hydrogen) atoms. The van der Waals surface area contributed by atoms with E-state index in [-0.39, 0.29) is 11.3 Å². The molecule has 1 unspecified atom stereocenters. The number of hydrogen-bond acceptors (Lipinski definition) is 1. The van der Waals surface area contributed by atoms with Crippen molar-refractivity contribution in [3.05, 3.63) is 0 Å². The van der Waals surface area contributed by atoms with Crippen molar-refractivity contribution in [3.8, 4) is 0 Å². The van der Waals surface area contributed by atoms with Gasteiger partial charge < -0.3 is 5.11 Å². The van der Waals surface area contributed by atoms with Crippen LogP contribution < -0.4 is 0 Å². The van der Waals surface area contributed by atoms with Gasteiger partial charge in [0.2, 0.25) is 0 Å². The van der Waals surface area contributed by atoms with Crippen LogP contribution in [0.3, 0.4) is 0 Å². The predicted molar refractivity (Wildman–Crippen MR) is 38.8 cm³/mol. The van der Waals surface area contributed by atoms with Gasteiger partial charge in [0, 0.05) is 0 Å². The minimum absolute atomic E-state index is 0.0394. The third-order valence-corrected chi connectivity index (χ3v) is 2.90. The molecule has 1 saturated carbocycles. The first-order valence-corrected chi connectivity index (χ1v) is 3.89. The summed E-state index contributed by atoms with van der Waals surface area (Å²) in [6, 6.07) is 0. The number of rotatable bonds is 3. The summed E-state index contributed by atoms with van der Waals surface area (Å²) in [6.07, 6.45) is 2.93. The lowest BCUT2D eigenvalue weighted by molar-refractivity contribution is -0.139. The van der Waals surface area contributed by atoms with Gasteiger partial charge in [0.15, 0.2) is 0 Å². The lowest BCUT2D eigenvalue weighted by Crippen LogP contribution is -2.08. The Hall–Kier alpha value is -0.530. The molecule has 0 aliphatic heterocycles. The summed E-state index contributed by atoms with van der Waals surface area (Å²) < 4.78 is 0. The van der Waals surface area contributed by atoms with E-state index < -0.39 is 5.97 Å². The van der Waals surface area contributed by atoms with Gasteiger partial charge in [0.25, 0.3) is 0 Å². The summed E-state index contributed by atoms with van der Waals surface area (Å²) in [7, 11) is 0. The topological polar surface area (TPSA) is 37.3 Å². The van der Waals surface area contributed by atoms with Gasteiger partial charge in [-0.2, -0.15) is 0 Å².